The second-order valence-corrected chi connectivity index (χ2v) is 8.56. The lowest BCUT2D eigenvalue weighted by Crippen LogP contribution is -2.43. The van der Waals surface area contributed by atoms with Gasteiger partial charge in [-0.25, -0.2) is 9.78 Å². The molecule has 2 aliphatic rings. The van der Waals surface area contributed by atoms with Crippen molar-refractivity contribution in [2.24, 2.45) is 5.92 Å². The van der Waals surface area contributed by atoms with Crippen molar-refractivity contribution in [2.45, 2.75) is 70.6 Å². The summed E-state index contributed by atoms with van der Waals surface area (Å²) in [6.45, 7) is 5.70. The monoisotopic (exact) mass is 369 g/mol. The van der Waals surface area contributed by atoms with Gasteiger partial charge >= 0.3 is 6.09 Å². The topological polar surface area (TPSA) is 84.0 Å². The minimum Gasteiger partial charge on any atom is -0.444 e. The Hall–Kier alpha value is -2.44. The maximum atomic E-state index is 12.8. The van der Waals surface area contributed by atoms with Gasteiger partial charge in [0, 0.05) is 24.9 Å². The average Bonchev–Trinajstić information content (AvgIpc) is 3.34. The lowest BCUT2D eigenvalue weighted by Gasteiger charge is -2.35. The van der Waals surface area contributed by atoms with Gasteiger partial charge < -0.3 is 4.74 Å². The first-order valence-corrected chi connectivity index (χ1v) is 9.72. The zero-order valence-corrected chi connectivity index (χ0v) is 16.2. The molecule has 1 saturated carbocycles. The number of nitrogens with zero attached hydrogens (tertiary/aromatic N) is 4. The number of pyridine rings is 1. The van der Waals surface area contributed by atoms with Crippen LogP contribution in [-0.2, 0) is 17.6 Å². The SMILES string of the molecule is CC(C)(C)OC(=O)N1[C@@H]2CC[C@@H](C2)[C@H]1c1n[nH]c(CCc2ccncc2)n1. The van der Waals surface area contributed by atoms with E-state index in [4.69, 9.17) is 9.72 Å². The van der Waals surface area contributed by atoms with Crippen molar-refractivity contribution in [2.75, 3.05) is 0 Å². The predicted octanol–water partition coefficient (Wildman–Crippen LogP) is 3.45. The van der Waals surface area contributed by atoms with E-state index in [-0.39, 0.29) is 18.2 Å². The summed E-state index contributed by atoms with van der Waals surface area (Å²) in [4.78, 5) is 23.4. The second-order valence-electron chi connectivity index (χ2n) is 8.56. The van der Waals surface area contributed by atoms with Gasteiger partial charge in [-0.05, 0) is 70.1 Å². The Labute approximate surface area is 159 Å². The van der Waals surface area contributed by atoms with Gasteiger partial charge in [0.15, 0.2) is 5.82 Å². The molecule has 7 nitrogen and oxygen atoms in total. The molecule has 2 aromatic heterocycles. The van der Waals surface area contributed by atoms with Crippen molar-refractivity contribution in [1.29, 1.82) is 0 Å². The van der Waals surface area contributed by atoms with Crippen molar-refractivity contribution < 1.29 is 9.53 Å². The van der Waals surface area contributed by atoms with Gasteiger partial charge in [0.2, 0.25) is 0 Å². The number of ether oxygens (including phenoxy) is 1. The van der Waals surface area contributed by atoms with Crippen LogP contribution in [0.15, 0.2) is 24.5 Å². The van der Waals surface area contributed by atoms with E-state index in [0.29, 0.717) is 5.92 Å². The van der Waals surface area contributed by atoms with Crippen molar-refractivity contribution >= 4 is 6.09 Å². The molecule has 0 unspecified atom stereocenters. The molecule has 144 valence electrons. The largest absolute Gasteiger partial charge is 0.444 e. The molecule has 3 atom stereocenters. The smallest absolute Gasteiger partial charge is 0.411 e. The number of aromatic amines is 1. The highest BCUT2D eigenvalue weighted by Gasteiger charge is 2.51. The van der Waals surface area contributed by atoms with Crippen LogP contribution in [0.3, 0.4) is 0 Å². The summed E-state index contributed by atoms with van der Waals surface area (Å²) in [6, 6.07) is 4.19. The van der Waals surface area contributed by atoms with E-state index in [1.54, 1.807) is 12.4 Å². The summed E-state index contributed by atoms with van der Waals surface area (Å²) in [5.41, 5.74) is 0.719. The zero-order valence-electron chi connectivity index (χ0n) is 16.2. The van der Waals surface area contributed by atoms with Crippen LogP contribution in [0.1, 0.15) is 63.3 Å². The van der Waals surface area contributed by atoms with Crippen molar-refractivity contribution in [3.05, 3.63) is 41.7 Å². The van der Waals surface area contributed by atoms with E-state index in [1.807, 2.05) is 37.8 Å². The summed E-state index contributed by atoms with van der Waals surface area (Å²) in [5.74, 6) is 2.00. The van der Waals surface area contributed by atoms with E-state index >= 15 is 0 Å². The molecule has 27 heavy (non-hydrogen) atoms. The van der Waals surface area contributed by atoms with Crippen LogP contribution >= 0.6 is 0 Å². The first kappa shape index (κ1) is 17.9. The number of carbonyl (C=O) groups excluding carboxylic acids is 1. The molecule has 0 radical (unpaired) electrons. The number of hydrogen-bond acceptors (Lipinski definition) is 5. The summed E-state index contributed by atoms with van der Waals surface area (Å²) in [7, 11) is 0. The molecule has 2 fully saturated rings. The number of likely N-dealkylation sites (tertiary alicyclic amines) is 1. The number of H-pyrrole nitrogens is 1. The molecule has 1 aliphatic heterocycles. The van der Waals surface area contributed by atoms with Crippen LogP contribution in [0.5, 0.6) is 0 Å². The Morgan fingerprint density at radius 3 is 2.78 bits per heavy atom. The third kappa shape index (κ3) is 3.82. The summed E-state index contributed by atoms with van der Waals surface area (Å²) < 4.78 is 5.65. The molecule has 1 saturated heterocycles. The van der Waals surface area contributed by atoms with E-state index in [0.717, 1.165) is 43.8 Å². The van der Waals surface area contributed by atoms with Gasteiger partial charge in [0.05, 0.1) is 0 Å². The molecule has 1 N–H and O–H groups in total. The normalized spacial score (nSPS) is 24.4. The van der Waals surface area contributed by atoms with E-state index in [1.165, 1.54) is 5.56 Å². The molecule has 1 amide bonds. The fourth-order valence-corrected chi connectivity index (χ4v) is 4.26. The average molecular weight is 369 g/mol. The van der Waals surface area contributed by atoms with Gasteiger partial charge in [-0.3, -0.25) is 15.0 Å². The fraction of sp³-hybridized carbons (Fsp3) is 0.600. The second kappa shape index (κ2) is 6.94. The molecule has 0 spiro atoms. The Morgan fingerprint density at radius 1 is 1.26 bits per heavy atom. The molecule has 1 aliphatic carbocycles. The quantitative estimate of drug-likeness (QED) is 0.892. The standard InChI is InChI=1S/C20H27N5O2/c1-20(2,3)27-19(26)25-15-6-5-14(12-15)17(25)18-22-16(23-24-18)7-4-13-8-10-21-11-9-13/h8-11,14-15,17H,4-7,12H2,1-3H3,(H,22,23,24)/t14-,15+,17-/m0/s1. The number of hydrogen-bond donors (Lipinski definition) is 1. The molecule has 2 bridgehead atoms. The molecular formula is C20H27N5O2. The first-order valence-electron chi connectivity index (χ1n) is 9.72. The maximum Gasteiger partial charge on any atom is 0.411 e. The van der Waals surface area contributed by atoms with Gasteiger partial charge in [-0.2, -0.15) is 5.10 Å². The van der Waals surface area contributed by atoms with E-state index in [2.05, 4.69) is 15.2 Å². The Morgan fingerprint density at radius 2 is 2.04 bits per heavy atom. The first-order chi connectivity index (χ1) is 12.9. The number of fused-ring (bicyclic) bond motifs is 2. The number of amides is 1. The van der Waals surface area contributed by atoms with E-state index in [9.17, 15) is 4.79 Å². The van der Waals surface area contributed by atoms with Crippen LogP contribution in [0.4, 0.5) is 4.79 Å². The third-order valence-electron chi connectivity index (χ3n) is 5.40. The number of carbonyl (C=O) groups is 1. The third-order valence-corrected chi connectivity index (χ3v) is 5.40. The van der Waals surface area contributed by atoms with Gasteiger partial charge in [0.1, 0.15) is 17.5 Å². The molecular weight excluding hydrogens is 342 g/mol. The van der Waals surface area contributed by atoms with Crippen LogP contribution in [0.25, 0.3) is 0 Å². The predicted molar refractivity (Wildman–Crippen MR) is 100.0 cm³/mol. The van der Waals surface area contributed by atoms with Gasteiger partial charge in [-0.1, -0.05) is 0 Å². The Kier molecular flexibility index (Phi) is 4.61. The van der Waals surface area contributed by atoms with Gasteiger partial charge in [0.25, 0.3) is 0 Å². The summed E-state index contributed by atoms with van der Waals surface area (Å²) in [6.07, 6.45) is 8.20. The highest BCUT2D eigenvalue weighted by molar-refractivity contribution is 5.70. The van der Waals surface area contributed by atoms with Crippen LogP contribution in [0, 0.1) is 5.92 Å². The lowest BCUT2D eigenvalue weighted by molar-refractivity contribution is 0.00614. The zero-order chi connectivity index (χ0) is 19.0. The minimum absolute atomic E-state index is 0.0791. The number of aromatic nitrogens is 4. The molecule has 0 aromatic carbocycles. The Bertz CT molecular complexity index is 798. The fourth-order valence-electron chi connectivity index (χ4n) is 4.26. The molecule has 2 aromatic rings. The van der Waals surface area contributed by atoms with Crippen LogP contribution < -0.4 is 0 Å². The summed E-state index contributed by atoms with van der Waals surface area (Å²) in [5, 5.41) is 7.53. The van der Waals surface area contributed by atoms with Crippen LogP contribution in [-0.4, -0.2) is 42.8 Å². The maximum absolute atomic E-state index is 12.8. The number of rotatable bonds is 4. The van der Waals surface area contributed by atoms with Crippen molar-refractivity contribution in [3.8, 4) is 0 Å². The van der Waals surface area contributed by atoms with Crippen molar-refractivity contribution in [1.82, 2.24) is 25.1 Å². The minimum atomic E-state index is -0.502. The Balaban J connectivity index is 1.48. The highest BCUT2D eigenvalue weighted by atomic mass is 16.6. The lowest BCUT2D eigenvalue weighted by atomic mass is 9.98. The number of piperidine rings is 1. The summed E-state index contributed by atoms with van der Waals surface area (Å²) >= 11 is 0. The van der Waals surface area contributed by atoms with E-state index < -0.39 is 5.60 Å². The molecule has 3 heterocycles. The molecule has 7 heteroatoms. The van der Waals surface area contributed by atoms with Crippen LogP contribution in [0.2, 0.25) is 0 Å². The number of nitrogens with one attached hydrogen (secondary N) is 1. The molecule has 4 rings (SSSR count). The number of aryl methyl sites for hydroxylation is 2. The van der Waals surface area contributed by atoms with Gasteiger partial charge in [-0.15, -0.1) is 0 Å². The van der Waals surface area contributed by atoms with Crippen molar-refractivity contribution in [3.63, 3.8) is 0 Å². The highest BCUT2D eigenvalue weighted by Crippen LogP contribution is 2.49.